The van der Waals surface area contributed by atoms with Crippen molar-refractivity contribution in [1.29, 1.82) is 0 Å². The number of ether oxygens (including phenoxy) is 2. The van der Waals surface area contributed by atoms with Crippen LogP contribution in [0.3, 0.4) is 0 Å². The van der Waals surface area contributed by atoms with Gasteiger partial charge in [-0.15, -0.1) is 0 Å². The van der Waals surface area contributed by atoms with Crippen LogP contribution in [0.5, 0.6) is 6.01 Å². The van der Waals surface area contributed by atoms with Crippen LogP contribution >= 0.6 is 0 Å². The molecule has 2 heterocycles. The van der Waals surface area contributed by atoms with Crippen LogP contribution in [0.1, 0.15) is 33.2 Å². The summed E-state index contributed by atoms with van der Waals surface area (Å²) >= 11 is 0. The molecular weight excluding hydrogens is 320 g/mol. The molecule has 126 valence electrons. The topological polar surface area (TPSA) is 78.4 Å². The van der Waals surface area contributed by atoms with Crippen LogP contribution in [0, 0.1) is 0 Å². The Labute approximate surface area is 144 Å². The molecule has 1 aliphatic carbocycles. The highest BCUT2D eigenvalue weighted by Gasteiger charge is 2.29. The summed E-state index contributed by atoms with van der Waals surface area (Å²) in [5.41, 5.74) is 2.66. The third kappa shape index (κ3) is 2.85. The lowest BCUT2D eigenvalue weighted by molar-refractivity contribution is -0.0831. The maximum atomic E-state index is 12.7. The second-order valence-electron chi connectivity index (χ2n) is 6.14. The lowest BCUT2D eigenvalue weighted by atomic mass is 9.82. The van der Waals surface area contributed by atoms with E-state index in [1.807, 2.05) is 0 Å². The summed E-state index contributed by atoms with van der Waals surface area (Å²) in [5.74, 6) is -0.212. The van der Waals surface area contributed by atoms with Crippen molar-refractivity contribution >= 4 is 11.6 Å². The van der Waals surface area contributed by atoms with Crippen LogP contribution in [-0.2, 0) is 11.2 Å². The zero-order valence-corrected chi connectivity index (χ0v) is 13.7. The van der Waals surface area contributed by atoms with Crippen LogP contribution in [0.25, 0.3) is 0 Å². The van der Waals surface area contributed by atoms with Crippen LogP contribution in [0.4, 0.5) is 0 Å². The van der Waals surface area contributed by atoms with E-state index in [0.717, 1.165) is 5.56 Å². The minimum Gasteiger partial charge on any atom is -0.455 e. The predicted molar refractivity (Wildman–Crippen MR) is 88.8 cm³/mol. The van der Waals surface area contributed by atoms with E-state index in [9.17, 15) is 9.59 Å². The normalized spacial score (nSPS) is 17.3. The highest BCUT2D eigenvalue weighted by atomic mass is 16.6. The van der Waals surface area contributed by atoms with Gasteiger partial charge in [-0.2, -0.15) is 0 Å². The number of carbonyl (C=O) groups is 2. The van der Waals surface area contributed by atoms with E-state index in [0.29, 0.717) is 47.9 Å². The molecule has 6 heteroatoms. The van der Waals surface area contributed by atoms with Crippen LogP contribution in [0.2, 0.25) is 0 Å². The molecule has 0 radical (unpaired) electrons. The SMILES string of the molecule is CC1=C(Cc2cnc(OC3COC3)nc2)C(=O)c2ccccc2C1=O. The number of benzene rings is 1. The van der Waals surface area contributed by atoms with Gasteiger partial charge in [0.25, 0.3) is 0 Å². The number of hydrogen-bond acceptors (Lipinski definition) is 6. The van der Waals surface area contributed by atoms with E-state index in [2.05, 4.69) is 9.97 Å². The standard InChI is InChI=1S/C19H16N2O4/c1-11-16(18(23)15-5-3-2-4-14(15)17(11)22)6-12-7-20-19(21-8-12)25-13-9-24-10-13/h2-5,7-8,13H,6,9-10H2,1H3. The number of nitrogens with zero attached hydrogens (tertiary/aromatic N) is 2. The summed E-state index contributed by atoms with van der Waals surface area (Å²) in [4.78, 5) is 33.6. The van der Waals surface area contributed by atoms with Crippen LogP contribution < -0.4 is 4.74 Å². The second kappa shape index (κ2) is 6.22. The zero-order chi connectivity index (χ0) is 17.4. The molecule has 0 bridgehead atoms. The molecule has 1 aliphatic heterocycles. The molecule has 1 fully saturated rings. The number of rotatable bonds is 4. The average Bonchev–Trinajstić information content (AvgIpc) is 2.61. The predicted octanol–water partition coefficient (Wildman–Crippen LogP) is 2.19. The third-order valence-electron chi connectivity index (χ3n) is 4.43. The minimum absolute atomic E-state index is 0.00449. The van der Waals surface area contributed by atoms with Gasteiger partial charge in [-0.05, 0) is 12.5 Å². The van der Waals surface area contributed by atoms with Gasteiger partial charge in [0.2, 0.25) is 0 Å². The molecule has 1 saturated heterocycles. The van der Waals surface area contributed by atoms with Crippen molar-refractivity contribution < 1.29 is 19.1 Å². The second-order valence-corrected chi connectivity index (χ2v) is 6.14. The van der Waals surface area contributed by atoms with Gasteiger partial charge in [-0.25, -0.2) is 9.97 Å². The van der Waals surface area contributed by atoms with Crippen molar-refractivity contribution in [2.75, 3.05) is 13.2 Å². The van der Waals surface area contributed by atoms with Gasteiger partial charge < -0.3 is 9.47 Å². The van der Waals surface area contributed by atoms with Crippen LogP contribution in [-0.4, -0.2) is 40.9 Å². The summed E-state index contributed by atoms with van der Waals surface area (Å²) in [6, 6.07) is 7.20. The maximum Gasteiger partial charge on any atom is 0.316 e. The Morgan fingerprint density at radius 2 is 1.72 bits per heavy atom. The van der Waals surface area contributed by atoms with Crippen molar-refractivity contribution in [1.82, 2.24) is 9.97 Å². The Balaban J connectivity index is 1.56. The summed E-state index contributed by atoms with van der Waals surface area (Å²) < 4.78 is 10.6. The number of carbonyl (C=O) groups excluding carboxylic acids is 2. The fourth-order valence-electron chi connectivity index (χ4n) is 2.89. The van der Waals surface area contributed by atoms with Gasteiger partial charge in [0.05, 0.1) is 13.2 Å². The Kier molecular flexibility index (Phi) is 3.89. The lowest BCUT2D eigenvalue weighted by Gasteiger charge is -2.25. The molecule has 0 unspecified atom stereocenters. The van der Waals surface area contributed by atoms with E-state index in [-0.39, 0.29) is 17.7 Å². The molecule has 2 aliphatic rings. The third-order valence-corrected chi connectivity index (χ3v) is 4.43. The fraction of sp³-hybridized carbons (Fsp3) is 0.263. The van der Waals surface area contributed by atoms with E-state index in [1.165, 1.54) is 0 Å². The first-order valence-corrected chi connectivity index (χ1v) is 8.07. The van der Waals surface area contributed by atoms with Gasteiger partial charge in [-0.3, -0.25) is 9.59 Å². The first-order valence-electron chi connectivity index (χ1n) is 8.07. The largest absolute Gasteiger partial charge is 0.455 e. The maximum absolute atomic E-state index is 12.7. The minimum atomic E-state index is -0.111. The number of Topliss-reactive ketones (excluding diaryl/α,β-unsaturated/α-hetero) is 2. The molecule has 4 rings (SSSR count). The number of ketones is 2. The Morgan fingerprint density at radius 1 is 1.08 bits per heavy atom. The number of fused-ring (bicyclic) bond motifs is 1. The summed E-state index contributed by atoms with van der Waals surface area (Å²) in [5, 5.41) is 0. The average molecular weight is 336 g/mol. The van der Waals surface area contributed by atoms with Crippen molar-refractivity contribution in [3.63, 3.8) is 0 Å². The monoisotopic (exact) mass is 336 g/mol. The van der Waals surface area contributed by atoms with Crippen molar-refractivity contribution in [3.05, 3.63) is 64.5 Å². The quantitative estimate of drug-likeness (QED) is 0.852. The highest BCUT2D eigenvalue weighted by molar-refractivity contribution is 6.26. The molecule has 0 saturated carbocycles. The Hall–Kier alpha value is -2.86. The zero-order valence-electron chi connectivity index (χ0n) is 13.7. The van der Waals surface area contributed by atoms with E-state index in [4.69, 9.17) is 9.47 Å². The summed E-state index contributed by atoms with van der Waals surface area (Å²) in [6.45, 7) is 2.79. The van der Waals surface area contributed by atoms with Crippen molar-refractivity contribution in [2.24, 2.45) is 0 Å². The van der Waals surface area contributed by atoms with Crippen LogP contribution in [0.15, 0.2) is 47.8 Å². The smallest absolute Gasteiger partial charge is 0.316 e. The van der Waals surface area contributed by atoms with Gasteiger partial charge in [0.1, 0.15) is 6.10 Å². The van der Waals surface area contributed by atoms with Gasteiger partial charge in [0, 0.05) is 41.1 Å². The molecule has 0 amide bonds. The van der Waals surface area contributed by atoms with Gasteiger partial charge >= 0.3 is 6.01 Å². The molecule has 1 aromatic heterocycles. The Morgan fingerprint density at radius 3 is 2.32 bits per heavy atom. The van der Waals surface area contributed by atoms with E-state index in [1.54, 1.807) is 43.6 Å². The molecule has 0 atom stereocenters. The van der Waals surface area contributed by atoms with E-state index < -0.39 is 0 Å². The number of allylic oxidation sites excluding steroid dienone is 2. The van der Waals surface area contributed by atoms with Gasteiger partial charge in [-0.1, -0.05) is 24.3 Å². The first kappa shape index (κ1) is 15.7. The summed E-state index contributed by atoms with van der Waals surface area (Å²) in [6.07, 6.45) is 3.57. The fourth-order valence-corrected chi connectivity index (χ4v) is 2.89. The lowest BCUT2D eigenvalue weighted by Crippen LogP contribution is -2.39. The highest BCUT2D eigenvalue weighted by Crippen LogP contribution is 2.28. The van der Waals surface area contributed by atoms with Gasteiger partial charge in [0.15, 0.2) is 11.6 Å². The first-order chi connectivity index (χ1) is 12.1. The van der Waals surface area contributed by atoms with Crippen molar-refractivity contribution in [2.45, 2.75) is 19.4 Å². The molecule has 6 nitrogen and oxygen atoms in total. The molecule has 0 N–H and O–H groups in total. The molecule has 0 spiro atoms. The number of aromatic nitrogens is 2. The molecule has 2 aromatic rings. The number of hydrogen-bond donors (Lipinski definition) is 0. The van der Waals surface area contributed by atoms with Crippen molar-refractivity contribution in [3.8, 4) is 6.01 Å². The summed E-state index contributed by atoms with van der Waals surface area (Å²) in [7, 11) is 0. The Bertz CT molecular complexity index is 883. The molecular formula is C19H16N2O4. The molecule has 25 heavy (non-hydrogen) atoms. The molecule has 1 aromatic carbocycles. The van der Waals surface area contributed by atoms with E-state index >= 15 is 0 Å².